The molecule has 0 aromatic heterocycles. The number of benzene rings is 1. The van der Waals surface area contributed by atoms with Gasteiger partial charge in [0.2, 0.25) is 5.91 Å². The third kappa shape index (κ3) is 5.41. The monoisotopic (exact) mass is 261 g/mol. The molecule has 0 unspecified atom stereocenters. The van der Waals surface area contributed by atoms with Gasteiger partial charge in [0.15, 0.2) is 5.96 Å². The average molecular weight is 261 g/mol. The number of anilines is 1. The lowest BCUT2D eigenvalue weighted by molar-refractivity contribution is -0.119. The van der Waals surface area contributed by atoms with Crippen LogP contribution in [0, 0.1) is 11.3 Å². The van der Waals surface area contributed by atoms with Gasteiger partial charge in [-0.1, -0.05) is 0 Å². The Bertz CT molecular complexity index is 490. The number of carbonyl (C=O) groups is 1. The second kappa shape index (κ2) is 7.55. The number of nitriles is 1. The smallest absolute Gasteiger partial charge is 0.242 e. The van der Waals surface area contributed by atoms with Crippen LogP contribution in [-0.4, -0.2) is 32.1 Å². The first-order chi connectivity index (χ1) is 9.15. The normalized spacial score (nSPS) is 10.4. The molecule has 7 heteroatoms. The van der Waals surface area contributed by atoms with Crippen LogP contribution in [0.1, 0.15) is 0 Å². The summed E-state index contributed by atoms with van der Waals surface area (Å²) in [6.45, 7) is -0.170. The van der Waals surface area contributed by atoms with Crippen molar-refractivity contribution >= 4 is 17.6 Å². The Balaban J connectivity index is 2.47. The van der Waals surface area contributed by atoms with Crippen molar-refractivity contribution in [3.05, 3.63) is 24.3 Å². The van der Waals surface area contributed by atoms with E-state index in [-0.39, 0.29) is 25.0 Å². The average Bonchev–Trinajstić information content (AvgIpc) is 2.43. The van der Waals surface area contributed by atoms with Gasteiger partial charge in [-0.25, -0.2) is 4.99 Å². The highest BCUT2D eigenvalue weighted by atomic mass is 16.5. The molecule has 1 amide bonds. The van der Waals surface area contributed by atoms with Gasteiger partial charge in [0, 0.05) is 5.69 Å². The highest BCUT2D eigenvalue weighted by Crippen LogP contribution is 2.14. The van der Waals surface area contributed by atoms with Crippen LogP contribution in [0.5, 0.6) is 5.75 Å². The summed E-state index contributed by atoms with van der Waals surface area (Å²) in [5.41, 5.74) is 6.35. The van der Waals surface area contributed by atoms with Crippen LogP contribution in [0.3, 0.4) is 0 Å². The minimum atomic E-state index is -0.360. The zero-order chi connectivity index (χ0) is 14.1. The zero-order valence-corrected chi connectivity index (χ0v) is 10.5. The number of guanidine groups is 1. The van der Waals surface area contributed by atoms with Crippen LogP contribution in [0.25, 0.3) is 0 Å². The van der Waals surface area contributed by atoms with Gasteiger partial charge in [-0.2, -0.15) is 5.26 Å². The molecule has 0 radical (unpaired) electrons. The number of aliphatic imine (C=N–C) groups is 1. The van der Waals surface area contributed by atoms with Crippen LogP contribution >= 0.6 is 0 Å². The molecule has 1 aromatic carbocycles. The summed E-state index contributed by atoms with van der Waals surface area (Å²) in [6.07, 6.45) is 0. The van der Waals surface area contributed by atoms with Gasteiger partial charge in [0.25, 0.3) is 0 Å². The summed E-state index contributed by atoms with van der Waals surface area (Å²) in [4.78, 5) is 15.0. The highest BCUT2D eigenvalue weighted by molar-refractivity contribution is 5.93. The maximum Gasteiger partial charge on any atom is 0.242 e. The number of ether oxygens (including phenoxy) is 1. The summed E-state index contributed by atoms with van der Waals surface area (Å²) >= 11 is 0. The van der Waals surface area contributed by atoms with Gasteiger partial charge in [0.05, 0.1) is 13.2 Å². The summed E-state index contributed by atoms with van der Waals surface area (Å²) in [6, 6.07) is 8.89. The van der Waals surface area contributed by atoms with Crippen LogP contribution in [-0.2, 0) is 4.79 Å². The summed E-state index contributed by atoms with van der Waals surface area (Å²) in [5, 5.41) is 13.5. The van der Waals surface area contributed by atoms with E-state index in [1.54, 1.807) is 37.4 Å². The SMILES string of the molecule is COc1ccc(NC(N)=NCC(=O)NCC#N)cc1. The molecule has 100 valence electrons. The van der Waals surface area contributed by atoms with Gasteiger partial charge in [-0.05, 0) is 24.3 Å². The number of methoxy groups -OCH3 is 1. The molecule has 1 rings (SSSR count). The first kappa shape index (κ1) is 14.3. The summed E-state index contributed by atoms with van der Waals surface area (Å²) in [5.74, 6) is 0.496. The summed E-state index contributed by atoms with van der Waals surface area (Å²) in [7, 11) is 1.58. The molecule has 4 N–H and O–H groups in total. The fourth-order valence-electron chi connectivity index (χ4n) is 1.21. The molecule has 0 spiro atoms. The lowest BCUT2D eigenvalue weighted by Gasteiger charge is -2.06. The van der Waals surface area contributed by atoms with Crippen LogP contribution < -0.4 is 21.1 Å². The van der Waals surface area contributed by atoms with Crippen molar-refractivity contribution in [3.63, 3.8) is 0 Å². The standard InChI is InChI=1S/C12H15N5O2/c1-19-10-4-2-9(3-5-10)17-12(14)16-8-11(18)15-7-6-13/h2-5H,7-8H2,1H3,(H,15,18)(H3,14,16,17). The molecule has 0 aliphatic heterocycles. The number of rotatable bonds is 5. The zero-order valence-electron chi connectivity index (χ0n) is 10.5. The van der Waals surface area contributed by atoms with Crippen molar-refractivity contribution in [3.8, 4) is 11.8 Å². The van der Waals surface area contributed by atoms with E-state index < -0.39 is 0 Å². The quantitative estimate of drug-likeness (QED) is 0.394. The molecular weight excluding hydrogens is 246 g/mol. The first-order valence-electron chi connectivity index (χ1n) is 5.50. The molecular formula is C12H15N5O2. The van der Waals surface area contributed by atoms with Gasteiger partial charge in [0.1, 0.15) is 18.8 Å². The van der Waals surface area contributed by atoms with E-state index in [1.165, 1.54) is 0 Å². The third-order valence-electron chi connectivity index (χ3n) is 2.12. The maximum atomic E-state index is 11.2. The highest BCUT2D eigenvalue weighted by Gasteiger charge is 2.00. The molecule has 0 saturated heterocycles. The lowest BCUT2D eigenvalue weighted by atomic mass is 10.3. The van der Waals surface area contributed by atoms with Gasteiger partial charge >= 0.3 is 0 Å². The Morgan fingerprint density at radius 3 is 2.74 bits per heavy atom. The van der Waals surface area contributed by atoms with Crippen molar-refractivity contribution in [2.24, 2.45) is 10.7 Å². The molecule has 19 heavy (non-hydrogen) atoms. The molecule has 0 saturated carbocycles. The van der Waals surface area contributed by atoms with Crippen molar-refractivity contribution < 1.29 is 9.53 Å². The van der Waals surface area contributed by atoms with E-state index in [1.807, 2.05) is 0 Å². The lowest BCUT2D eigenvalue weighted by Crippen LogP contribution is -2.29. The number of nitrogens with one attached hydrogen (secondary N) is 2. The number of carbonyl (C=O) groups excluding carboxylic acids is 1. The van der Waals surface area contributed by atoms with Crippen molar-refractivity contribution in [1.82, 2.24) is 5.32 Å². The first-order valence-corrected chi connectivity index (χ1v) is 5.50. The number of hydrogen-bond acceptors (Lipinski definition) is 4. The van der Waals surface area contributed by atoms with Gasteiger partial charge < -0.3 is 21.1 Å². The largest absolute Gasteiger partial charge is 0.497 e. The van der Waals surface area contributed by atoms with E-state index in [9.17, 15) is 4.79 Å². The Morgan fingerprint density at radius 2 is 2.16 bits per heavy atom. The number of hydrogen-bond donors (Lipinski definition) is 3. The molecule has 1 aromatic rings. The predicted octanol–water partition coefficient (Wildman–Crippen LogP) is 0.0616. The van der Waals surface area contributed by atoms with E-state index in [0.29, 0.717) is 0 Å². The van der Waals surface area contributed by atoms with Crippen LogP contribution in [0.15, 0.2) is 29.3 Å². The molecule has 0 aliphatic rings. The van der Waals surface area contributed by atoms with E-state index in [4.69, 9.17) is 15.7 Å². The van der Waals surface area contributed by atoms with E-state index >= 15 is 0 Å². The van der Waals surface area contributed by atoms with Crippen molar-refractivity contribution in [2.75, 3.05) is 25.5 Å². The van der Waals surface area contributed by atoms with Crippen molar-refractivity contribution in [2.45, 2.75) is 0 Å². The molecule has 7 nitrogen and oxygen atoms in total. The van der Waals surface area contributed by atoms with Crippen molar-refractivity contribution in [1.29, 1.82) is 5.26 Å². The minimum Gasteiger partial charge on any atom is -0.497 e. The van der Waals surface area contributed by atoms with Crippen LogP contribution in [0.2, 0.25) is 0 Å². The molecule has 0 fully saturated rings. The Kier molecular flexibility index (Phi) is 5.69. The Labute approximate surface area is 111 Å². The van der Waals surface area contributed by atoms with Gasteiger partial charge in [-0.15, -0.1) is 0 Å². The maximum absolute atomic E-state index is 11.2. The minimum absolute atomic E-state index is 0.0415. The fraction of sp³-hybridized carbons (Fsp3) is 0.250. The predicted molar refractivity (Wildman–Crippen MR) is 71.7 cm³/mol. The molecule has 0 aliphatic carbocycles. The second-order valence-electron chi connectivity index (χ2n) is 3.49. The molecule has 0 atom stereocenters. The number of nitrogens with zero attached hydrogens (tertiary/aromatic N) is 2. The molecule has 0 heterocycles. The van der Waals surface area contributed by atoms with Gasteiger partial charge in [-0.3, -0.25) is 4.79 Å². The Morgan fingerprint density at radius 1 is 1.47 bits per heavy atom. The molecule has 0 bridgehead atoms. The third-order valence-corrected chi connectivity index (χ3v) is 2.12. The summed E-state index contributed by atoms with van der Waals surface area (Å²) < 4.78 is 5.02. The van der Waals surface area contributed by atoms with E-state index in [2.05, 4.69) is 15.6 Å². The topological polar surface area (TPSA) is 113 Å². The fourth-order valence-corrected chi connectivity index (χ4v) is 1.21. The Hall–Kier alpha value is -2.75. The van der Waals surface area contributed by atoms with Crippen LogP contribution in [0.4, 0.5) is 5.69 Å². The number of amides is 1. The number of nitrogens with two attached hydrogens (primary N) is 1. The second-order valence-corrected chi connectivity index (χ2v) is 3.49. The van der Waals surface area contributed by atoms with E-state index in [0.717, 1.165) is 11.4 Å².